The largest absolute Gasteiger partial charge is 0.490 e. The summed E-state index contributed by atoms with van der Waals surface area (Å²) in [5, 5.41) is 12.5. The lowest BCUT2D eigenvalue weighted by Gasteiger charge is -2.15. The number of rotatable bonds is 8. The van der Waals surface area contributed by atoms with Crippen LogP contribution in [-0.4, -0.2) is 12.5 Å². The number of para-hydroxylation sites is 1. The second-order valence-corrected chi connectivity index (χ2v) is 8.00. The van der Waals surface area contributed by atoms with Crippen molar-refractivity contribution in [2.45, 2.75) is 13.5 Å². The topological polar surface area (TPSA) is 71.3 Å². The Morgan fingerprint density at radius 2 is 1.85 bits per heavy atom. The van der Waals surface area contributed by atoms with Gasteiger partial charge in [-0.2, -0.15) is 5.26 Å². The Hall–Kier alpha value is -3.34. The van der Waals surface area contributed by atoms with E-state index >= 15 is 0 Å². The molecule has 168 valence electrons. The van der Waals surface area contributed by atoms with E-state index in [1.165, 1.54) is 24.3 Å². The Labute approximate surface area is 204 Å². The van der Waals surface area contributed by atoms with E-state index in [9.17, 15) is 14.4 Å². The predicted molar refractivity (Wildman–Crippen MR) is 130 cm³/mol. The van der Waals surface area contributed by atoms with E-state index in [0.29, 0.717) is 33.2 Å². The molecule has 0 aliphatic heterocycles. The number of anilines is 1. The van der Waals surface area contributed by atoms with E-state index in [1.807, 2.05) is 31.2 Å². The number of halogens is 3. The number of nitrogens with one attached hydrogen (secondary N) is 1. The Bertz CT molecular complexity index is 1240. The summed E-state index contributed by atoms with van der Waals surface area (Å²) in [4.78, 5) is 12.5. The molecule has 3 rings (SSSR count). The summed E-state index contributed by atoms with van der Waals surface area (Å²) >= 11 is 9.65. The van der Waals surface area contributed by atoms with Crippen LogP contribution in [0.1, 0.15) is 18.1 Å². The van der Waals surface area contributed by atoms with Crippen molar-refractivity contribution < 1.29 is 18.7 Å². The van der Waals surface area contributed by atoms with E-state index in [2.05, 4.69) is 21.2 Å². The van der Waals surface area contributed by atoms with Gasteiger partial charge in [0.2, 0.25) is 0 Å². The van der Waals surface area contributed by atoms with Crippen molar-refractivity contribution in [3.05, 3.63) is 92.7 Å². The number of ether oxygens (including phenoxy) is 2. The smallest absolute Gasteiger partial charge is 0.266 e. The molecule has 0 spiro atoms. The fourth-order valence-electron chi connectivity index (χ4n) is 2.87. The quantitative estimate of drug-likeness (QED) is 0.258. The molecule has 0 saturated carbocycles. The average Bonchev–Trinajstić information content (AvgIpc) is 2.80. The van der Waals surface area contributed by atoms with Crippen LogP contribution >= 0.6 is 27.5 Å². The summed E-state index contributed by atoms with van der Waals surface area (Å²) in [6, 6.07) is 18.3. The van der Waals surface area contributed by atoms with Crippen molar-refractivity contribution in [2.24, 2.45) is 0 Å². The van der Waals surface area contributed by atoms with Gasteiger partial charge >= 0.3 is 0 Å². The first kappa shape index (κ1) is 24.3. The van der Waals surface area contributed by atoms with Gasteiger partial charge in [0.15, 0.2) is 11.5 Å². The molecule has 0 aromatic heterocycles. The summed E-state index contributed by atoms with van der Waals surface area (Å²) < 4.78 is 26.0. The van der Waals surface area contributed by atoms with Crippen molar-refractivity contribution in [3.8, 4) is 17.6 Å². The van der Waals surface area contributed by atoms with Gasteiger partial charge in [-0.05, 0) is 48.9 Å². The molecule has 0 fully saturated rings. The minimum atomic E-state index is -0.730. The number of nitrogens with zero attached hydrogens (tertiary/aromatic N) is 1. The van der Waals surface area contributed by atoms with E-state index < -0.39 is 11.7 Å². The number of amides is 1. The molecule has 0 aliphatic rings. The maximum absolute atomic E-state index is 13.8. The molecular formula is C25H19BrClFN2O3. The molecule has 0 atom stereocenters. The summed E-state index contributed by atoms with van der Waals surface area (Å²) in [6.45, 7) is 2.44. The Balaban J connectivity index is 1.87. The van der Waals surface area contributed by atoms with Crippen LogP contribution in [-0.2, 0) is 11.4 Å². The SMILES string of the molecule is CCOc1cc(/C=C(/C#N)C(=O)Nc2ccccc2F)c(Br)cc1OCc1ccccc1Cl. The number of carbonyl (C=O) groups excluding carboxylic acids is 1. The van der Waals surface area contributed by atoms with Gasteiger partial charge in [0.1, 0.15) is 24.1 Å². The van der Waals surface area contributed by atoms with E-state index in [4.69, 9.17) is 21.1 Å². The standard InChI is InChI=1S/C25H19BrClFN2O3/c1-2-32-23-12-17(11-18(14-29)25(31)30-22-10-6-5-9-21(22)28)19(26)13-24(23)33-15-16-7-3-4-8-20(16)27/h3-13H,2,15H2,1H3,(H,30,31)/b18-11-. The van der Waals surface area contributed by atoms with Crippen molar-refractivity contribution in [3.63, 3.8) is 0 Å². The first-order valence-electron chi connectivity index (χ1n) is 9.93. The van der Waals surface area contributed by atoms with Gasteiger partial charge in [0, 0.05) is 15.1 Å². The van der Waals surface area contributed by atoms with Gasteiger partial charge < -0.3 is 14.8 Å². The zero-order valence-corrected chi connectivity index (χ0v) is 19.9. The van der Waals surface area contributed by atoms with Gasteiger partial charge in [-0.1, -0.05) is 57.9 Å². The third kappa shape index (κ3) is 6.35. The van der Waals surface area contributed by atoms with Crippen LogP contribution in [0.25, 0.3) is 6.08 Å². The highest BCUT2D eigenvalue weighted by Gasteiger charge is 2.15. The van der Waals surface area contributed by atoms with Crippen LogP contribution in [0.3, 0.4) is 0 Å². The lowest BCUT2D eigenvalue weighted by Crippen LogP contribution is -2.14. The zero-order valence-electron chi connectivity index (χ0n) is 17.6. The first-order chi connectivity index (χ1) is 15.9. The van der Waals surface area contributed by atoms with Gasteiger partial charge in [-0.3, -0.25) is 4.79 Å². The molecule has 1 N–H and O–H groups in total. The Morgan fingerprint density at radius 1 is 1.15 bits per heavy atom. The van der Waals surface area contributed by atoms with Gasteiger partial charge in [0.05, 0.1) is 12.3 Å². The molecule has 3 aromatic rings. The monoisotopic (exact) mass is 528 g/mol. The highest BCUT2D eigenvalue weighted by Crippen LogP contribution is 2.36. The highest BCUT2D eigenvalue weighted by atomic mass is 79.9. The number of hydrogen-bond acceptors (Lipinski definition) is 4. The van der Waals surface area contributed by atoms with E-state index in [1.54, 1.807) is 24.3 Å². The van der Waals surface area contributed by atoms with Gasteiger partial charge in [-0.25, -0.2) is 4.39 Å². The molecule has 0 saturated heterocycles. The summed E-state index contributed by atoms with van der Waals surface area (Å²) in [5.74, 6) is -0.421. The van der Waals surface area contributed by atoms with Crippen LogP contribution in [0, 0.1) is 17.1 Å². The fraction of sp³-hybridized carbons (Fsp3) is 0.120. The minimum absolute atomic E-state index is 0.0129. The Kier molecular flexibility index (Phi) is 8.47. The third-order valence-electron chi connectivity index (χ3n) is 4.49. The van der Waals surface area contributed by atoms with Crippen molar-refractivity contribution >= 4 is 45.2 Å². The highest BCUT2D eigenvalue weighted by molar-refractivity contribution is 9.10. The zero-order chi connectivity index (χ0) is 23.8. The lowest BCUT2D eigenvalue weighted by atomic mass is 10.1. The fourth-order valence-corrected chi connectivity index (χ4v) is 3.50. The maximum Gasteiger partial charge on any atom is 0.266 e. The van der Waals surface area contributed by atoms with Crippen molar-refractivity contribution in [1.29, 1.82) is 5.26 Å². The molecule has 0 bridgehead atoms. The second kappa shape index (κ2) is 11.5. The summed E-state index contributed by atoms with van der Waals surface area (Å²) in [5.41, 5.74) is 1.12. The molecule has 1 amide bonds. The molecule has 0 unspecified atom stereocenters. The van der Waals surface area contributed by atoms with Crippen molar-refractivity contribution in [2.75, 3.05) is 11.9 Å². The van der Waals surface area contributed by atoms with Crippen LogP contribution in [0.5, 0.6) is 11.5 Å². The molecule has 5 nitrogen and oxygen atoms in total. The molecule has 0 radical (unpaired) electrons. The number of benzene rings is 3. The van der Waals surface area contributed by atoms with Crippen LogP contribution < -0.4 is 14.8 Å². The molecule has 33 heavy (non-hydrogen) atoms. The number of hydrogen-bond donors (Lipinski definition) is 1. The molecule has 8 heteroatoms. The predicted octanol–water partition coefficient (Wildman–Crippen LogP) is 6.76. The summed E-state index contributed by atoms with van der Waals surface area (Å²) in [6.07, 6.45) is 1.39. The normalized spacial score (nSPS) is 10.9. The average molecular weight is 530 g/mol. The molecular weight excluding hydrogens is 511 g/mol. The van der Waals surface area contributed by atoms with Crippen LogP contribution in [0.4, 0.5) is 10.1 Å². The van der Waals surface area contributed by atoms with Crippen molar-refractivity contribution in [1.82, 2.24) is 0 Å². The van der Waals surface area contributed by atoms with Crippen LogP contribution in [0.15, 0.2) is 70.7 Å². The lowest BCUT2D eigenvalue weighted by molar-refractivity contribution is -0.112. The second-order valence-electron chi connectivity index (χ2n) is 6.74. The first-order valence-corrected chi connectivity index (χ1v) is 11.1. The minimum Gasteiger partial charge on any atom is -0.490 e. The molecule has 3 aromatic carbocycles. The molecule has 0 aliphatic carbocycles. The molecule has 0 heterocycles. The Morgan fingerprint density at radius 3 is 2.55 bits per heavy atom. The summed E-state index contributed by atoms with van der Waals surface area (Å²) in [7, 11) is 0. The van der Waals surface area contributed by atoms with E-state index in [0.717, 1.165) is 5.56 Å². The third-order valence-corrected chi connectivity index (χ3v) is 5.55. The van der Waals surface area contributed by atoms with Gasteiger partial charge in [-0.15, -0.1) is 0 Å². The maximum atomic E-state index is 13.8. The number of carbonyl (C=O) groups is 1. The van der Waals surface area contributed by atoms with E-state index in [-0.39, 0.29) is 17.9 Å². The van der Waals surface area contributed by atoms with Crippen LogP contribution in [0.2, 0.25) is 5.02 Å². The van der Waals surface area contributed by atoms with Gasteiger partial charge in [0.25, 0.3) is 5.91 Å². The number of nitriles is 1.